The Kier molecular flexibility index (Phi) is 8.56. The molecular formula is C14H13O3Pd-. The molecule has 0 radical (unpaired) electrons. The van der Waals surface area contributed by atoms with Crippen molar-refractivity contribution in [1.82, 2.24) is 0 Å². The van der Waals surface area contributed by atoms with E-state index in [1.54, 1.807) is 0 Å². The normalized spacial score (nSPS) is 8.28. The molecule has 0 amide bonds. The van der Waals surface area contributed by atoms with Gasteiger partial charge in [-0.3, -0.25) is 4.79 Å². The molecule has 0 fully saturated rings. The molecule has 0 spiro atoms. The molecule has 0 unspecified atom stereocenters. The summed E-state index contributed by atoms with van der Waals surface area (Å²) >= 11 is 0. The summed E-state index contributed by atoms with van der Waals surface area (Å²) in [5, 5.41) is 7.42. The molecule has 0 atom stereocenters. The Morgan fingerprint density at radius 2 is 1.50 bits per heavy atom. The fourth-order valence-electron chi connectivity index (χ4n) is 1.06. The number of aliphatic carboxylic acids is 1. The smallest absolute Gasteiger partial charge is 0.300 e. The van der Waals surface area contributed by atoms with Crippen LogP contribution < -0.4 is 4.74 Å². The van der Waals surface area contributed by atoms with Crippen molar-refractivity contribution in [2.75, 3.05) is 0 Å². The molecule has 0 aliphatic carbocycles. The van der Waals surface area contributed by atoms with Gasteiger partial charge in [0.15, 0.2) is 0 Å². The van der Waals surface area contributed by atoms with E-state index in [0.29, 0.717) is 0 Å². The number of hydrogen-bond acceptors (Lipinski definition) is 2. The maximum atomic E-state index is 9.00. The van der Waals surface area contributed by atoms with Crippen LogP contribution in [0.15, 0.2) is 54.6 Å². The molecule has 4 heteroatoms. The number of hydrogen-bond donors (Lipinski definition) is 1. The van der Waals surface area contributed by atoms with Crippen LogP contribution in [0.4, 0.5) is 0 Å². The molecule has 0 heterocycles. The fraction of sp³-hybridized carbons (Fsp3) is 0.0714. The van der Waals surface area contributed by atoms with Crippen molar-refractivity contribution in [2.45, 2.75) is 6.92 Å². The average Bonchev–Trinajstić information content (AvgIpc) is 2.31. The summed E-state index contributed by atoms with van der Waals surface area (Å²) in [5.74, 6) is 0.860. The van der Waals surface area contributed by atoms with Gasteiger partial charge in [-0.1, -0.05) is 18.2 Å². The van der Waals surface area contributed by atoms with Crippen LogP contribution in [0, 0.1) is 6.07 Å². The minimum Gasteiger partial charge on any atom is -0.483 e. The summed E-state index contributed by atoms with van der Waals surface area (Å²) < 4.78 is 5.56. The Bertz CT molecular complexity index is 402. The topological polar surface area (TPSA) is 46.5 Å². The van der Waals surface area contributed by atoms with Crippen LogP contribution >= 0.6 is 0 Å². The molecule has 2 rings (SSSR count). The van der Waals surface area contributed by atoms with Gasteiger partial charge in [0.2, 0.25) is 0 Å². The van der Waals surface area contributed by atoms with Crippen molar-refractivity contribution in [2.24, 2.45) is 0 Å². The summed E-state index contributed by atoms with van der Waals surface area (Å²) in [6.45, 7) is 1.08. The Morgan fingerprint density at radius 1 is 1.06 bits per heavy atom. The van der Waals surface area contributed by atoms with Gasteiger partial charge >= 0.3 is 0 Å². The molecule has 98 valence electrons. The first-order chi connectivity index (χ1) is 8.18. The number of carboxylic acids is 1. The predicted molar refractivity (Wildman–Crippen MR) is 65.1 cm³/mol. The minimum absolute atomic E-state index is 0. The van der Waals surface area contributed by atoms with E-state index in [2.05, 4.69) is 6.07 Å². The number of ether oxygens (including phenoxy) is 1. The van der Waals surface area contributed by atoms with Crippen LogP contribution in [0.25, 0.3) is 0 Å². The maximum absolute atomic E-state index is 9.00. The molecule has 0 aliphatic heterocycles. The van der Waals surface area contributed by atoms with E-state index in [0.717, 1.165) is 18.4 Å². The van der Waals surface area contributed by atoms with E-state index >= 15 is 0 Å². The zero-order valence-electron chi connectivity index (χ0n) is 9.78. The third kappa shape index (κ3) is 7.61. The second-order valence-electron chi connectivity index (χ2n) is 3.17. The predicted octanol–water partition coefficient (Wildman–Crippen LogP) is 3.37. The van der Waals surface area contributed by atoms with Crippen LogP contribution in [-0.2, 0) is 25.2 Å². The number of carboxylic acid groups (broad SMARTS) is 1. The summed E-state index contributed by atoms with van der Waals surface area (Å²) in [6, 6.07) is 20.1. The Morgan fingerprint density at radius 3 is 2.00 bits per heavy atom. The van der Waals surface area contributed by atoms with E-state index in [9.17, 15) is 0 Å². The van der Waals surface area contributed by atoms with Gasteiger partial charge in [-0.25, -0.2) is 0 Å². The second kappa shape index (κ2) is 9.41. The van der Waals surface area contributed by atoms with Gasteiger partial charge in [0.25, 0.3) is 5.97 Å². The van der Waals surface area contributed by atoms with Gasteiger partial charge in [0.05, 0.1) is 0 Å². The molecule has 2 aromatic rings. The van der Waals surface area contributed by atoms with Crippen molar-refractivity contribution in [3.63, 3.8) is 0 Å². The maximum Gasteiger partial charge on any atom is 0.300 e. The SMILES string of the molecule is CC(=O)O.[Pd].[c-]1ccc(Oc2ccccc2)cc1. The molecule has 2 aromatic carbocycles. The van der Waals surface area contributed by atoms with Crippen molar-refractivity contribution in [1.29, 1.82) is 0 Å². The van der Waals surface area contributed by atoms with Gasteiger partial charge in [-0.05, 0) is 12.1 Å². The van der Waals surface area contributed by atoms with Crippen molar-refractivity contribution < 1.29 is 35.1 Å². The van der Waals surface area contributed by atoms with Crippen LogP contribution in [0.1, 0.15) is 6.92 Å². The van der Waals surface area contributed by atoms with E-state index in [-0.39, 0.29) is 20.4 Å². The molecule has 1 N–H and O–H groups in total. The Balaban J connectivity index is 0.000000512. The van der Waals surface area contributed by atoms with Gasteiger partial charge in [-0.2, -0.15) is 18.2 Å². The third-order valence-electron chi connectivity index (χ3n) is 1.67. The zero-order chi connectivity index (χ0) is 12.5. The van der Waals surface area contributed by atoms with E-state index in [4.69, 9.17) is 14.6 Å². The Hall–Kier alpha value is -1.63. The molecule has 0 aliphatic rings. The molecule has 0 saturated carbocycles. The fourth-order valence-corrected chi connectivity index (χ4v) is 1.06. The summed E-state index contributed by atoms with van der Waals surface area (Å²) in [6.07, 6.45) is 0. The standard InChI is InChI=1S/C12H9O.C2H4O2.Pd/c1-3-7-11(8-4-1)13-12-9-5-2-6-10-12;1-2(3)4;/h1,3-10H;1H3,(H,3,4);/q-1;;. The summed E-state index contributed by atoms with van der Waals surface area (Å²) in [7, 11) is 0. The minimum atomic E-state index is -0.833. The third-order valence-corrected chi connectivity index (χ3v) is 1.67. The molecule has 0 bridgehead atoms. The second-order valence-corrected chi connectivity index (χ2v) is 3.17. The largest absolute Gasteiger partial charge is 0.483 e. The quantitative estimate of drug-likeness (QED) is 0.676. The first kappa shape index (κ1) is 16.4. The van der Waals surface area contributed by atoms with Crippen molar-refractivity contribution in [3.05, 3.63) is 60.7 Å². The van der Waals surface area contributed by atoms with Crippen LogP contribution in [0.5, 0.6) is 11.5 Å². The zero-order valence-corrected chi connectivity index (χ0v) is 11.3. The summed E-state index contributed by atoms with van der Waals surface area (Å²) in [4.78, 5) is 9.00. The van der Waals surface area contributed by atoms with Gasteiger partial charge in [0.1, 0.15) is 5.75 Å². The Labute approximate surface area is 120 Å². The molecule has 3 nitrogen and oxygen atoms in total. The molecular weight excluding hydrogens is 323 g/mol. The van der Waals surface area contributed by atoms with Gasteiger partial charge in [-0.15, -0.1) is 12.1 Å². The molecule has 0 aromatic heterocycles. The van der Waals surface area contributed by atoms with Gasteiger partial charge < -0.3 is 9.84 Å². The van der Waals surface area contributed by atoms with Crippen molar-refractivity contribution in [3.8, 4) is 11.5 Å². The number of para-hydroxylation sites is 1. The number of carbonyl (C=O) groups is 1. The van der Waals surface area contributed by atoms with E-state index < -0.39 is 5.97 Å². The van der Waals surface area contributed by atoms with E-state index in [1.165, 1.54) is 0 Å². The average molecular weight is 336 g/mol. The first-order valence-electron chi connectivity index (χ1n) is 5.07. The molecule has 18 heavy (non-hydrogen) atoms. The number of rotatable bonds is 2. The summed E-state index contributed by atoms with van der Waals surface area (Å²) in [5.41, 5.74) is 0. The molecule has 0 saturated heterocycles. The first-order valence-corrected chi connectivity index (χ1v) is 5.07. The van der Waals surface area contributed by atoms with Gasteiger partial charge in [0, 0.05) is 33.1 Å². The van der Waals surface area contributed by atoms with Crippen LogP contribution in [0.3, 0.4) is 0 Å². The number of benzene rings is 2. The monoisotopic (exact) mass is 335 g/mol. The van der Waals surface area contributed by atoms with Crippen LogP contribution in [0.2, 0.25) is 0 Å². The van der Waals surface area contributed by atoms with Crippen molar-refractivity contribution >= 4 is 5.97 Å². The van der Waals surface area contributed by atoms with Crippen LogP contribution in [-0.4, -0.2) is 11.1 Å². The van der Waals surface area contributed by atoms with E-state index in [1.807, 2.05) is 54.6 Å².